The van der Waals surface area contributed by atoms with Gasteiger partial charge in [0.05, 0.1) is 99.1 Å². The van der Waals surface area contributed by atoms with Crippen LogP contribution >= 0.6 is 0 Å². The van der Waals surface area contributed by atoms with Gasteiger partial charge in [-0.25, -0.2) is 0 Å². The highest BCUT2D eigenvalue weighted by atomic mass is 16.6. The molecule has 3 amide bonds. The molecule has 0 bridgehead atoms. The van der Waals surface area contributed by atoms with Gasteiger partial charge in [0.1, 0.15) is 0 Å². The van der Waals surface area contributed by atoms with Crippen molar-refractivity contribution in [2.75, 3.05) is 140 Å². The summed E-state index contributed by atoms with van der Waals surface area (Å²) in [6.45, 7) is 7.96. The Morgan fingerprint density at radius 2 is 0.536 bits per heavy atom. The summed E-state index contributed by atoms with van der Waals surface area (Å²) in [6.07, 6.45) is 0. The Bertz CT molecular complexity index is 2050. The summed E-state index contributed by atoms with van der Waals surface area (Å²) in [5.41, 5.74) is 5.70. The van der Waals surface area contributed by atoms with Gasteiger partial charge in [0.25, 0.3) is 17.7 Å². The Morgan fingerprint density at radius 1 is 0.319 bits per heavy atom. The standard InChI is InChI=1S/C54H63N3O12/c1-61-28-31-67-37-34-64-25-22-55-52(58)49-16-10-43(11-17-49)4-7-46-40-47(8-5-44-12-18-50(19-13-44)53(59)56-23-26-65-35-38-68-32-29-62-2)42-48(41-46)9-6-45-14-20-51(21-15-45)54(60)57-24-27-66-36-39-69-33-30-63-3/h10-21,40-42H,22-39H2,1-3H3,(H,55,58)(H,56,59)(H,57,60). The molecule has 15 nitrogen and oxygen atoms in total. The van der Waals surface area contributed by atoms with Crippen LogP contribution in [-0.4, -0.2) is 158 Å². The van der Waals surface area contributed by atoms with E-state index in [1.54, 1.807) is 94.1 Å². The lowest BCUT2D eigenvalue weighted by molar-refractivity contribution is 0.0255. The third-order valence-corrected chi connectivity index (χ3v) is 9.44. The van der Waals surface area contributed by atoms with Crippen molar-refractivity contribution in [3.63, 3.8) is 0 Å². The molecule has 15 heteroatoms. The molecular formula is C54H63N3O12. The van der Waals surface area contributed by atoms with Crippen molar-refractivity contribution in [2.24, 2.45) is 0 Å². The van der Waals surface area contributed by atoms with Crippen LogP contribution in [0.4, 0.5) is 0 Å². The zero-order chi connectivity index (χ0) is 49.0. The van der Waals surface area contributed by atoms with Crippen molar-refractivity contribution in [3.8, 4) is 35.5 Å². The first-order chi connectivity index (χ1) is 33.9. The van der Waals surface area contributed by atoms with Crippen molar-refractivity contribution in [1.29, 1.82) is 0 Å². The maximum atomic E-state index is 12.7. The highest BCUT2D eigenvalue weighted by Gasteiger charge is 2.07. The zero-order valence-corrected chi connectivity index (χ0v) is 39.8. The SMILES string of the molecule is COCCOCCOCCNC(=O)c1ccc(C#Cc2cc(C#Cc3ccc(C(=O)NCCOCCOCCOC)cc3)cc(C#Cc3ccc(C(=O)NCCOCCOCCOC)cc3)c2)cc1. The van der Waals surface area contributed by atoms with Crippen molar-refractivity contribution < 1.29 is 57.0 Å². The molecule has 0 unspecified atom stereocenters. The number of hydrogen-bond donors (Lipinski definition) is 3. The topological polar surface area (TPSA) is 170 Å². The van der Waals surface area contributed by atoms with Crippen LogP contribution in [0.3, 0.4) is 0 Å². The predicted molar refractivity (Wildman–Crippen MR) is 261 cm³/mol. The number of rotatable bonds is 30. The fourth-order valence-corrected chi connectivity index (χ4v) is 5.80. The van der Waals surface area contributed by atoms with Crippen LogP contribution in [0.2, 0.25) is 0 Å². The summed E-state index contributed by atoms with van der Waals surface area (Å²) in [5.74, 6) is 18.6. The molecule has 0 heterocycles. The van der Waals surface area contributed by atoms with E-state index >= 15 is 0 Å². The highest BCUT2D eigenvalue weighted by Crippen LogP contribution is 2.12. The van der Waals surface area contributed by atoms with Gasteiger partial charge in [0, 0.05) is 91.0 Å². The fraction of sp³-hybridized carbons (Fsp3) is 0.389. The van der Waals surface area contributed by atoms with Gasteiger partial charge in [-0.15, -0.1) is 0 Å². The second-order valence-corrected chi connectivity index (χ2v) is 14.7. The Balaban J connectivity index is 1.40. The van der Waals surface area contributed by atoms with Crippen LogP contribution in [0.15, 0.2) is 91.0 Å². The van der Waals surface area contributed by atoms with Crippen molar-refractivity contribution in [2.45, 2.75) is 0 Å². The smallest absolute Gasteiger partial charge is 0.251 e. The molecule has 69 heavy (non-hydrogen) atoms. The Hall–Kier alpha value is -6.39. The molecule has 0 aliphatic heterocycles. The monoisotopic (exact) mass is 945 g/mol. The Morgan fingerprint density at radius 3 is 0.783 bits per heavy atom. The van der Waals surface area contributed by atoms with Crippen LogP contribution in [0.5, 0.6) is 0 Å². The molecule has 0 aromatic heterocycles. The minimum Gasteiger partial charge on any atom is -0.382 e. The minimum absolute atomic E-state index is 0.213. The fourth-order valence-electron chi connectivity index (χ4n) is 5.80. The summed E-state index contributed by atoms with van der Waals surface area (Å²) < 4.78 is 47.5. The Kier molecular flexibility index (Phi) is 27.9. The molecule has 4 aromatic rings. The van der Waals surface area contributed by atoms with Gasteiger partial charge in [-0.3, -0.25) is 14.4 Å². The van der Waals surface area contributed by atoms with Crippen LogP contribution in [0.1, 0.15) is 64.5 Å². The Labute approximate surface area is 406 Å². The second-order valence-electron chi connectivity index (χ2n) is 14.7. The molecule has 4 aromatic carbocycles. The van der Waals surface area contributed by atoms with E-state index in [0.717, 1.165) is 0 Å². The number of carbonyl (C=O) groups excluding carboxylic acids is 3. The zero-order valence-electron chi connectivity index (χ0n) is 39.8. The van der Waals surface area contributed by atoms with Crippen LogP contribution in [-0.2, 0) is 42.6 Å². The van der Waals surface area contributed by atoms with Crippen LogP contribution < -0.4 is 16.0 Å². The third kappa shape index (κ3) is 23.9. The molecule has 3 N–H and O–H groups in total. The number of nitrogens with one attached hydrogen (secondary N) is 3. The average Bonchev–Trinajstić information content (AvgIpc) is 3.38. The first kappa shape index (κ1) is 55.2. The van der Waals surface area contributed by atoms with E-state index < -0.39 is 0 Å². The molecule has 0 saturated heterocycles. The number of ether oxygens (including phenoxy) is 9. The number of hydrogen-bond acceptors (Lipinski definition) is 12. The van der Waals surface area contributed by atoms with E-state index in [1.807, 2.05) is 18.2 Å². The molecular weight excluding hydrogens is 883 g/mol. The second kappa shape index (κ2) is 34.8. The normalized spacial score (nSPS) is 10.5. The number of benzene rings is 4. The average molecular weight is 946 g/mol. The molecule has 0 fully saturated rings. The maximum absolute atomic E-state index is 12.7. The minimum atomic E-state index is -0.213. The predicted octanol–water partition coefficient (Wildman–Crippen LogP) is 4.11. The lowest BCUT2D eigenvalue weighted by Gasteiger charge is -2.07. The van der Waals surface area contributed by atoms with E-state index in [1.165, 1.54) is 0 Å². The summed E-state index contributed by atoms with van der Waals surface area (Å²) in [5, 5.41) is 8.57. The molecule has 366 valence electrons. The van der Waals surface area contributed by atoms with Gasteiger partial charge < -0.3 is 58.6 Å². The number of carbonyl (C=O) groups is 3. The summed E-state index contributed by atoms with van der Waals surface area (Å²) in [6, 6.07) is 26.7. The van der Waals surface area contributed by atoms with E-state index in [-0.39, 0.29) is 17.7 Å². The first-order valence-electron chi connectivity index (χ1n) is 22.7. The van der Waals surface area contributed by atoms with E-state index in [0.29, 0.717) is 169 Å². The molecule has 0 radical (unpaired) electrons. The quantitative estimate of drug-likeness (QED) is 0.0506. The van der Waals surface area contributed by atoms with E-state index in [4.69, 9.17) is 42.6 Å². The van der Waals surface area contributed by atoms with Gasteiger partial charge >= 0.3 is 0 Å². The molecule has 0 spiro atoms. The summed E-state index contributed by atoms with van der Waals surface area (Å²) >= 11 is 0. The first-order valence-corrected chi connectivity index (χ1v) is 22.7. The largest absolute Gasteiger partial charge is 0.382 e. The van der Waals surface area contributed by atoms with E-state index in [9.17, 15) is 14.4 Å². The van der Waals surface area contributed by atoms with Crippen LogP contribution in [0, 0.1) is 35.5 Å². The lowest BCUT2D eigenvalue weighted by atomic mass is 10.0. The van der Waals surface area contributed by atoms with E-state index in [2.05, 4.69) is 51.5 Å². The number of amides is 3. The van der Waals surface area contributed by atoms with Gasteiger partial charge in [-0.05, 0) is 91.0 Å². The lowest BCUT2D eigenvalue weighted by Crippen LogP contribution is -2.27. The van der Waals surface area contributed by atoms with Gasteiger partial charge in [0.2, 0.25) is 0 Å². The summed E-state index contributed by atoms with van der Waals surface area (Å²) in [7, 11) is 4.86. The molecule has 0 saturated carbocycles. The number of methoxy groups -OCH3 is 3. The van der Waals surface area contributed by atoms with Crippen molar-refractivity contribution in [3.05, 3.63) is 141 Å². The maximum Gasteiger partial charge on any atom is 0.251 e. The van der Waals surface area contributed by atoms with Crippen molar-refractivity contribution >= 4 is 17.7 Å². The highest BCUT2D eigenvalue weighted by molar-refractivity contribution is 5.95. The van der Waals surface area contributed by atoms with Gasteiger partial charge in [-0.2, -0.15) is 0 Å². The molecule has 0 atom stereocenters. The molecule has 4 rings (SSSR count). The van der Waals surface area contributed by atoms with Crippen LogP contribution in [0.25, 0.3) is 0 Å². The third-order valence-electron chi connectivity index (χ3n) is 9.44. The summed E-state index contributed by atoms with van der Waals surface area (Å²) in [4.78, 5) is 38.1. The van der Waals surface area contributed by atoms with Gasteiger partial charge in [0.15, 0.2) is 0 Å². The molecule has 0 aliphatic rings. The molecule has 0 aliphatic carbocycles. The van der Waals surface area contributed by atoms with Crippen molar-refractivity contribution in [1.82, 2.24) is 16.0 Å². The van der Waals surface area contributed by atoms with Gasteiger partial charge in [-0.1, -0.05) is 35.5 Å².